The number of aryl methyl sites for hydroxylation is 1. The predicted octanol–water partition coefficient (Wildman–Crippen LogP) is 2.31. The largest absolute Gasteiger partial charge is 0.279 e. The van der Waals surface area contributed by atoms with Crippen LogP contribution in [0.5, 0.6) is 0 Å². The minimum absolute atomic E-state index is 0.00254. The highest BCUT2D eigenvalue weighted by atomic mass is 35.5. The predicted molar refractivity (Wildman–Crippen MR) is 82.2 cm³/mol. The van der Waals surface area contributed by atoms with E-state index >= 15 is 0 Å². The number of nitrogens with zero attached hydrogens (tertiary/aromatic N) is 1. The lowest BCUT2D eigenvalue weighted by Gasteiger charge is -2.08. The SMILES string of the molecule is Cc1nc(Cl)sc1S(=O)(=O)Nc1cccc(S(C)(=O)=O)c1. The number of sulfonamides is 1. The van der Waals surface area contributed by atoms with Gasteiger partial charge in [0.1, 0.15) is 0 Å². The van der Waals surface area contributed by atoms with Crippen molar-refractivity contribution in [3.8, 4) is 0 Å². The first-order valence-electron chi connectivity index (χ1n) is 5.55. The smallest absolute Gasteiger partial charge is 0.273 e. The lowest BCUT2D eigenvalue weighted by molar-refractivity contribution is 0.599. The van der Waals surface area contributed by atoms with Crippen molar-refractivity contribution in [1.82, 2.24) is 4.98 Å². The number of aromatic nitrogens is 1. The Kier molecular flexibility index (Phi) is 4.29. The molecule has 0 aliphatic rings. The Labute approximate surface area is 131 Å². The second-order valence-electron chi connectivity index (χ2n) is 4.25. The van der Waals surface area contributed by atoms with Crippen LogP contribution in [0.4, 0.5) is 5.69 Å². The van der Waals surface area contributed by atoms with Gasteiger partial charge in [-0.3, -0.25) is 4.72 Å². The van der Waals surface area contributed by atoms with Gasteiger partial charge in [0, 0.05) is 6.26 Å². The standard InChI is InChI=1S/C11H11ClN2O4S3/c1-7-10(19-11(12)13-7)21(17,18)14-8-4-3-5-9(6-8)20(2,15)16/h3-6,14H,1-2H3. The van der Waals surface area contributed by atoms with E-state index in [-0.39, 0.29) is 25.0 Å². The number of hydrogen-bond acceptors (Lipinski definition) is 6. The van der Waals surface area contributed by atoms with E-state index in [9.17, 15) is 16.8 Å². The van der Waals surface area contributed by atoms with Crippen molar-refractivity contribution in [2.75, 3.05) is 11.0 Å². The van der Waals surface area contributed by atoms with E-state index in [0.29, 0.717) is 0 Å². The van der Waals surface area contributed by atoms with Crippen LogP contribution in [-0.2, 0) is 19.9 Å². The fourth-order valence-electron chi connectivity index (χ4n) is 1.59. The average molecular weight is 367 g/mol. The van der Waals surface area contributed by atoms with Crippen LogP contribution in [0.2, 0.25) is 4.47 Å². The van der Waals surface area contributed by atoms with Gasteiger partial charge in [-0.05, 0) is 25.1 Å². The molecule has 1 aromatic heterocycles. The molecule has 6 nitrogen and oxygen atoms in total. The number of anilines is 1. The molecule has 2 aromatic rings. The van der Waals surface area contributed by atoms with Gasteiger partial charge in [-0.2, -0.15) is 0 Å². The van der Waals surface area contributed by atoms with Gasteiger partial charge in [-0.15, -0.1) is 0 Å². The van der Waals surface area contributed by atoms with Crippen molar-refractivity contribution in [2.45, 2.75) is 16.0 Å². The van der Waals surface area contributed by atoms with E-state index in [0.717, 1.165) is 17.6 Å². The van der Waals surface area contributed by atoms with Crippen LogP contribution in [0.1, 0.15) is 5.69 Å². The molecule has 0 amide bonds. The summed E-state index contributed by atoms with van der Waals surface area (Å²) in [4.78, 5) is 3.87. The molecule has 1 aromatic carbocycles. The summed E-state index contributed by atoms with van der Waals surface area (Å²) in [5.74, 6) is 0. The molecular weight excluding hydrogens is 356 g/mol. The Bertz CT molecular complexity index is 888. The maximum absolute atomic E-state index is 12.2. The highest BCUT2D eigenvalue weighted by Gasteiger charge is 2.22. The molecule has 0 aliphatic heterocycles. The monoisotopic (exact) mass is 366 g/mol. The molecule has 10 heteroatoms. The van der Waals surface area contributed by atoms with E-state index in [1.54, 1.807) is 0 Å². The number of sulfone groups is 1. The third kappa shape index (κ3) is 3.73. The second-order valence-corrected chi connectivity index (χ2v) is 9.72. The fraction of sp³-hybridized carbons (Fsp3) is 0.182. The van der Waals surface area contributed by atoms with E-state index in [1.807, 2.05) is 0 Å². The summed E-state index contributed by atoms with van der Waals surface area (Å²) in [6.07, 6.45) is 1.05. The Morgan fingerprint density at radius 3 is 2.43 bits per heavy atom. The molecule has 21 heavy (non-hydrogen) atoms. The molecule has 0 saturated heterocycles. The highest BCUT2D eigenvalue weighted by molar-refractivity contribution is 7.94. The van der Waals surface area contributed by atoms with Gasteiger partial charge in [-0.1, -0.05) is 29.0 Å². The number of rotatable bonds is 4. The van der Waals surface area contributed by atoms with Crippen LogP contribution < -0.4 is 4.72 Å². The van der Waals surface area contributed by atoms with Gasteiger partial charge in [-0.25, -0.2) is 21.8 Å². The van der Waals surface area contributed by atoms with Crippen molar-refractivity contribution >= 4 is 48.5 Å². The quantitative estimate of drug-likeness (QED) is 0.896. The lowest BCUT2D eigenvalue weighted by Crippen LogP contribution is -2.13. The molecule has 0 radical (unpaired) electrons. The first-order valence-corrected chi connectivity index (χ1v) is 10.1. The third-order valence-corrected chi connectivity index (χ3v) is 6.85. The maximum atomic E-state index is 12.2. The molecule has 0 unspecified atom stereocenters. The molecule has 0 saturated carbocycles. The fourth-order valence-corrected chi connectivity index (χ4v) is 5.05. The zero-order valence-corrected chi connectivity index (χ0v) is 14.2. The molecular formula is C11H11ClN2O4S3. The molecule has 1 N–H and O–H groups in total. The summed E-state index contributed by atoms with van der Waals surface area (Å²) in [7, 11) is -7.27. The van der Waals surface area contributed by atoms with Crippen LogP contribution >= 0.6 is 22.9 Å². The number of hydrogen-bond donors (Lipinski definition) is 1. The summed E-state index contributed by atoms with van der Waals surface area (Å²) >= 11 is 6.53. The maximum Gasteiger partial charge on any atom is 0.273 e. The van der Waals surface area contributed by atoms with Crippen LogP contribution in [0.15, 0.2) is 33.4 Å². The number of benzene rings is 1. The summed E-state index contributed by atoms with van der Waals surface area (Å²) < 4.78 is 49.9. The average Bonchev–Trinajstić information content (AvgIpc) is 2.68. The first-order chi connectivity index (χ1) is 9.59. The van der Waals surface area contributed by atoms with Crippen molar-refractivity contribution in [1.29, 1.82) is 0 Å². The Morgan fingerprint density at radius 1 is 1.24 bits per heavy atom. The number of halogens is 1. The lowest BCUT2D eigenvalue weighted by atomic mass is 10.3. The number of thiazole rings is 1. The molecule has 0 fully saturated rings. The summed E-state index contributed by atoms with van der Waals surface area (Å²) in [5.41, 5.74) is 0.443. The van der Waals surface area contributed by atoms with Crippen LogP contribution in [-0.4, -0.2) is 28.1 Å². The van der Waals surface area contributed by atoms with E-state index < -0.39 is 19.9 Å². The van der Waals surface area contributed by atoms with Crippen molar-refractivity contribution < 1.29 is 16.8 Å². The second kappa shape index (κ2) is 5.56. The van der Waals surface area contributed by atoms with Gasteiger partial charge in [0.15, 0.2) is 18.5 Å². The van der Waals surface area contributed by atoms with E-state index in [4.69, 9.17) is 11.6 Å². The van der Waals surface area contributed by atoms with Crippen molar-refractivity contribution in [2.24, 2.45) is 0 Å². The zero-order valence-electron chi connectivity index (χ0n) is 11.0. The molecule has 1 heterocycles. The third-order valence-electron chi connectivity index (χ3n) is 2.49. The highest BCUT2D eigenvalue weighted by Crippen LogP contribution is 2.28. The van der Waals surface area contributed by atoms with Crippen LogP contribution in [0.25, 0.3) is 0 Å². The van der Waals surface area contributed by atoms with Crippen LogP contribution in [0, 0.1) is 6.92 Å². The number of nitrogens with one attached hydrogen (secondary N) is 1. The minimum atomic E-state index is -3.86. The summed E-state index contributed by atoms with van der Waals surface area (Å²) in [6.45, 7) is 1.53. The first kappa shape index (κ1) is 16.2. The summed E-state index contributed by atoms with van der Waals surface area (Å²) in [5, 5.41) is 0. The van der Waals surface area contributed by atoms with Crippen LogP contribution in [0.3, 0.4) is 0 Å². The van der Waals surface area contributed by atoms with E-state index in [1.165, 1.54) is 31.2 Å². The molecule has 0 spiro atoms. The zero-order chi connectivity index (χ0) is 15.8. The summed E-state index contributed by atoms with van der Waals surface area (Å²) in [6, 6.07) is 5.57. The molecule has 2 rings (SSSR count). The molecule has 114 valence electrons. The van der Waals surface area contributed by atoms with Crippen molar-refractivity contribution in [3.63, 3.8) is 0 Å². The van der Waals surface area contributed by atoms with Gasteiger partial charge >= 0.3 is 0 Å². The van der Waals surface area contributed by atoms with Gasteiger partial charge in [0.25, 0.3) is 10.0 Å². The van der Waals surface area contributed by atoms with Gasteiger partial charge < -0.3 is 0 Å². The Hall–Kier alpha value is -1.16. The Morgan fingerprint density at radius 2 is 1.90 bits per heavy atom. The molecule has 0 bridgehead atoms. The normalized spacial score (nSPS) is 12.3. The minimum Gasteiger partial charge on any atom is -0.279 e. The van der Waals surface area contributed by atoms with Crippen molar-refractivity contribution in [3.05, 3.63) is 34.4 Å². The topological polar surface area (TPSA) is 93.2 Å². The molecule has 0 atom stereocenters. The Balaban J connectivity index is 2.40. The van der Waals surface area contributed by atoms with Gasteiger partial charge in [0.05, 0.1) is 16.3 Å². The van der Waals surface area contributed by atoms with E-state index in [2.05, 4.69) is 9.71 Å². The molecule has 0 aliphatic carbocycles. The van der Waals surface area contributed by atoms with Gasteiger partial charge in [0.2, 0.25) is 0 Å².